The number of carbonyl (C=O) groups excluding carboxylic acids is 1. The molecule has 0 unspecified atom stereocenters. The molecule has 3 rings (SSSR count). The lowest BCUT2D eigenvalue weighted by atomic mass is 10.3. The van der Waals surface area contributed by atoms with Crippen LogP contribution in [0, 0.1) is 0 Å². The van der Waals surface area contributed by atoms with Crippen LogP contribution in [0.5, 0.6) is 11.5 Å². The van der Waals surface area contributed by atoms with Crippen molar-refractivity contribution in [1.82, 2.24) is 14.8 Å². The molecule has 0 radical (unpaired) electrons. The van der Waals surface area contributed by atoms with E-state index in [-0.39, 0.29) is 17.3 Å². The molecule has 0 fully saturated rings. The maximum Gasteiger partial charge on any atom is 0.277 e. The molecule has 2 heterocycles. The molecule has 1 aromatic carbocycles. The number of methoxy groups -OCH3 is 1. The lowest BCUT2D eigenvalue weighted by Crippen LogP contribution is -2.14. The van der Waals surface area contributed by atoms with Gasteiger partial charge in [0.05, 0.1) is 12.8 Å². The number of pyridine rings is 1. The number of nitrogens with one attached hydrogen (secondary N) is 1. The van der Waals surface area contributed by atoms with Gasteiger partial charge in [-0.05, 0) is 42.5 Å². The van der Waals surface area contributed by atoms with Crippen molar-refractivity contribution < 1.29 is 14.6 Å². The molecule has 0 spiro atoms. The molecule has 2 aromatic heterocycles. The van der Waals surface area contributed by atoms with Crippen molar-refractivity contribution in [2.24, 2.45) is 0 Å². The molecular formula is C16H14N4O3. The van der Waals surface area contributed by atoms with Crippen LogP contribution < -0.4 is 10.1 Å². The summed E-state index contributed by atoms with van der Waals surface area (Å²) in [5.41, 5.74) is 1.01. The lowest BCUT2D eigenvalue weighted by Gasteiger charge is -2.04. The molecule has 2 N–H and O–H groups in total. The maximum atomic E-state index is 12.2. The molecule has 0 aliphatic carbocycles. The van der Waals surface area contributed by atoms with E-state index in [1.807, 2.05) is 24.3 Å². The van der Waals surface area contributed by atoms with Gasteiger partial charge in [0, 0.05) is 12.4 Å². The Balaban J connectivity index is 1.78. The summed E-state index contributed by atoms with van der Waals surface area (Å²) in [6, 6.07) is 11.9. The largest absolute Gasteiger partial charge is 0.504 e. The van der Waals surface area contributed by atoms with E-state index in [1.54, 1.807) is 30.1 Å². The second-order valence-electron chi connectivity index (χ2n) is 4.67. The maximum absolute atomic E-state index is 12.2. The highest BCUT2D eigenvalue weighted by Gasteiger charge is 2.13. The third-order valence-electron chi connectivity index (χ3n) is 3.18. The Morgan fingerprint density at radius 3 is 2.70 bits per heavy atom. The number of ether oxygens (including phenoxy) is 1. The van der Waals surface area contributed by atoms with Crippen LogP contribution in [0.4, 0.5) is 5.82 Å². The van der Waals surface area contributed by atoms with Gasteiger partial charge in [-0.15, -0.1) is 0 Å². The number of amides is 1. The number of rotatable bonds is 4. The summed E-state index contributed by atoms with van der Waals surface area (Å²) < 4.78 is 6.68. The van der Waals surface area contributed by atoms with Gasteiger partial charge in [-0.25, -0.2) is 9.67 Å². The zero-order chi connectivity index (χ0) is 16.2. The summed E-state index contributed by atoms with van der Waals surface area (Å²) in [5.74, 6) is 0.280. The molecular weight excluding hydrogens is 296 g/mol. The smallest absolute Gasteiger partial charge is 0.277 e. The van der Waals surface area contributed by atoms with Gasteiger partial charge in [-0.2, -0.15) is 5.10 Å². The normalized spacial score (nSPS) is 10.3. The van der Waals surface area contributed by atoms with Crippen LogP contribution >= 0.6 is 0 Å². The van der Waals surface area contributed by atoms with Gasteiger partial charge < -0.3 is 15.2 Å². The first-order valence-corrected chi connectivity index (χ1v) is 6.83. The minimum atomic E-state index is -0.453. The first-order chi connectivity index (χ1) is 11.2. The predicted octanol–water partition coefficient (Wildman–Crippen LogP) is 2.23. The molecule has 0 atom stereocenters. The van der Waals surface area contributed by atoms with Crippen LogP contribution in [0.25, 0.3) is 5.69 Å². The van der Waals surface area contributed by atoms with Gasteiger partial charge in [-0.1, -0.05) is 0 Å². The van der Waals surface area contributed by atoms with E-state index in [2.05, 4.69) is 15.4 Å². The molecule has 0 saturated carbocycles. The Labute approximate surface area is 132 Å². The monoisotopic (exact) mass is 310 g/mol. The number of hydrogen-bond donors (Lipinski definition) is 2. The van der Waals surface area contributed by atoms with E-state index < -0.39 is 5.91 Å². The third kappa shape index (κ3) is 3.13. The highest BCUT2D eigenvalue weighted by atomic mass is 16.5. The van der Waals surface area contributed by atoms with E-state index in [4.69, 9.17) is 4.74 Å². The highest BCUT2D eigenvalue weighted by molar-refractivity contribution is 6.02. The summed E-state index contributed by atoms with van der Waals surface area (Å²) in [5, 5.41) is 16.4. The summed E-state index contributed by atoms with van der Waals surface area (Å²) >= 11 is 0. The molecule has 0 bridgehead atoms. The zero-order valence-corrected chi connectivity index (χ0v) is 12.3. The minimum Gasteiger partial charge on any atom is -0.504 e. The number of hydrogen-bond acceptors (Lipinski definition) is 5. The van der Waals surface area contributed by atoms with Crippen molar-refractivity contribution in [3.8, 4) is 17.2 Å². The fourth-order valence-corrected chi connectivity index (χ4v) is 1.99. The number of aromatic nitrogens is 3. The Morgan fingerprint density at radius 2 is 2.00 bits per heavy atom. The van der Waals surface area contributed by atoms with E-state index in [1.165, 1.54) is 12.3 Å². The highest BCUT2D eigenvalue weighted by Crippen LogP contribution is 2.19. The summed E-state index contributed by atoms with van der Waals surface area (Å²) in [6.07, 6.45) is 3.15. The molecule has 0 aliphatic rings. The molecule has 23 heavy (non-hydrogen) atoms. The van der Waals surface area contributed by atoms with E-state index in [0.29, 0.717) is 0 Å². The molecule has 3 aromatic rings. The molecule has 7 heteroatoms. The molecule has 0 saturated heterocycles. The quantitative estimate of drug-likeness (QED) is 0.771. The molecule has 0 aliphatic heterocycles. The van der Waals surface area contributed by atoms with Gasteiger partial charge in [0.15, 0.2) is 17.3 Å². The predicted molar refractivity (Wildman–Crippen MR) is 84.0 cm³/mol. The lowest BCUT2D eigenvalue weighted by molar-refractivity contribution is 0.102. The van der Waals surface area contributed by atoms with E-state index in [9.17, 15) is 9.90 Å². The fraction of sp³-hybridized carbons (Fsp3) is 0.0625. The van der Waals surface area contributed by atoms with Gasteiger partial charge >= 0.3 is 0 Å². The van der Waals surface area contributed by atoms with E-state index >= 15 is 0 Å². The third-order valence-corrected chi connectivity index (χ3v) is 3.18. The molecule has 7 nitrogen and oxygen atoms in total. The van der Waals surface area contributed by atoms with Crippen molar-refractivity contribution in [2.45, 2.75) is 0 Å². The van der Waals surface area contributed by atoms with Gasteiger partial charge in [-0.3, -0.25) is 4.79 Å². The van der Waals surface area contributed by atoms with Crippen LogP contribution in [-0.4, -0.2) is 32.9 Å². The SMILES string of the molecule is COc1ccc(-n2ccc(C(=O)Nc3ncccc3O)n2)cc1. The Bertz CT molecular complexity index is 827. The number of anilines is 1. The van der Waals surface area contributed by atoms with Gasteiger partial charge in [0.2, 0.25) is 0 Å². The van der Waals surface area contributed by atoms with Gasteiger partial charge in [0.1, 0.15) is 5.75 Å². The summed E-state index contributed by atoms with van der Waals surface area (Å²) in [7, 11) is 1.60. The number of benzene rings is 1. The second kappa shape index (κ2) is 6.18. The number of nitrogens with zero attached hydrogens (tertiary/aromatic N) is 3. The van der Waals surface area contributed by atoms with Crippen molar-refractivity contribution in [3.05, 3.63) is 60.6 Å². The van der Waals surface area contributed by atoms with Gasteiger partial charge in [0.25, 0.3) is 5.91 Å². The van der Waals surface area contributed by atoms with Crippen molar-refractivity contribution in [2.75, 3.05) is 12.4 Å². The molecule has 116 valence electrons. The van der Waals surface area contributed by atoms with Crippen molar-refractivity contribution in [3.63, 3.8) is 0 Å². The van der Waals surface area contributed by atoms with Crippen molar-refractivity contribution in [1.29, 1.82) is 0 Å². The van der Waals surface area contributed by atoms with Crippen LogP contribution in [0.1, 0.15) is 10.5 Å². The van der Waals surface area contributed by atoms with Crippen LogP contribution in [0.3, 0.4) is 0 Å². The van der Waals surface area contributed by atoms with Crippen LogP contribution in [0.2, 0.25) is 0 Å². The van der Waals surface area contributed by atoms with Crippen molar-refractivity contribution >= 4 is 11.7 Å². The average molecular weight is 310 g/mol. The average Bonchev–Trinajstić information content (AvgIpc) is 3.07. The van der Waals surface area contributed by atoms with Crippen LogP contribution in [-0.2, 0) is 0 Å². The van der Waals surface area contributed by atoms with Crippen LogP contribution in [0.15, 0.2) is 54.9 Å². The number of aromatic hydroxyl groups is 1. The first-order valence-electron chi connectivity index (χ1n) is 6.83. The fourth-order valence-electron chi connectivity index (χ4n) is 1.99. The Kier molecular flexibility index (Phi) is 3.92. The Morgan fingerprint density at radius 1 is 1.22 bits per heavy atom. The first kappa shape index (κ1) is 14.6. The minimum absolute atomic E-state index is 0.0940. The standard InChI is InChI=1S/C16H14N4O3/c1-23-12-6-4-11(5-7-12)20-10-8-13(19-20)16(22)18-15-14(21)3-2-9-17-15/h2-10,21H,1H3,(H,17,18,22). The second-order valence-corrected chi connectivity index (χ2v) is 4.67. The Hall–Kier alpha value is -3.35. The summed E-state index contributed by atoms with van der Waals surface area (Å²) in [6.45, 7) is 0. The van der Waals surface area contributed by atoms with E-state index in [0.717, 1.165) is 11.4 Å². The summed E-state index contributed by atoms with van der Waals surface area (Å²) in [4.78, 5) is 16.1. The number of carbonyl (C=O) groups is 1. The molecule has 1 amide bonds. The zero-order valence-electron chi connectivity index (χ0n) is 12.3. The topological polar surface area (TPSA) is 89.3 Å².